The first-order valence-electron chi connectivity index (χ1n) is 10.4. The fraction of sp³-hybridized carbons (Fsp3) is 0.476. The summed E-state index contributed by atoms with van der Waals surface area (Å²) in [6.45, 7) is 2.78. The Morgan fingerprint density at radius 2 is 1.97 bits per heavy atom. The predicted molar refractivity (Wildman–Crippen MR) is 113 cm³/mol. The summed E-state index contributed by atoms with van der Waals surface area (Å²) >= 11 is 0. The van der Waals surface area contributed by atoms with E-state index in [9.17, 15) is 18.0 Å². The minimum Gasteiger partial charge on any atom is -0.313 e. The van der Waals surface area contributed by atoms with Gasteiger partial charge in [0.2, 0.25) is 5.91 Å². The number of aromatic nitrogens is 5. The second kappa shape index (κ2) is 8.81. The molecule has 1 saturated heterocycles. The van der Waals surface area contributed by atoms with Gasteiger partial charge in [0.25, 0.3) is 0 Å². The monoisotopic (exact) mass is 447 g/mol. The maximum absolute atomic E-state index is 12.7. The lowest BCUT2D eigenvalue weighted by atomic mass is 9.96. The molecule has 0 unspecified atom stereocenters. The number of fused-ring (bicyclic) bond motifs is 1. The Kier molecular flexibility index (Phi) is 6.09. The first kappa shape index (κ1) is 22.1. The molecule has 11 heteroatoms. The van der Waals surface area contributed by atoms with E-state index in [4.69, 9.17) is 0 Å². The topological polar surface area (TPSA) is 88.8 Å². The zero-order valence-electron chi connectivity index (χ0n) is 17.9. The van der Waals surface area contributed by atoms with E-state index in [1.807, 2.05) is 30.7 Å². The van der Waals surface area contributed by atoms with Crippen molar-refractivity contribution >= 4 is 22.6 Å². The van der Waals surface area contributed by atoms with E-state index in [1.165, 1.54) is 0 Å². The number of hydrogen-bond donors (Lipinski definition) is 1. The first-order chi connectivity index (χ1) is 15.2. The number of pyridine rings is 2. The van der Waals surface area contributed by atoms with E-state index in [-0.39, 0.29) is 18.4 Å². The average Bonchev–Trinajstić information content (AvgIpc) is 3.10. The van der Waals surface area contributed by atoms with Crippen LogP contribution in [0.15, 0.2) is 24.4 Å². The zero-order chi connectivity index (χ0) is 22.9. The van der Waals surface area contributed by atoms with Crippen LogP contribution in [0, 0.1) is 12.8 Å². The molecule has 0 saturated carbocycles. The normalized spacial score (nSPS) is 15.9. The summed E-state index contributed by atoms with van der Waals surface area (Å²) in [5.74, 6) is 1.38. The molecule has 4 rings (SSSR count). The summed E-state index contributed by atoms with van der Waals surface area (Å²) in [6.07, 6.45) is -2.30. The number of anilines is 1. The minimum absolute atomic E-state index is 0.0247. The molecular weight excluding hydrogens is 423 g/mol. The van der Waals surface area contributed by atoms with Crippen molar-refractivity contribution in [1.82, 2.24) is 29.6 Å². The highest BCUT2D eigenvalue weighted by Gasteiger charge is 2.30. The Morgan fingerprint density at radius 3 is 2.62 bits per heavy atom. The van der Waals surface area contributed by atoms with Crippen LogP contribution < -0.4 is 5.32 Å². The molecule has 1 fully saturated rings. The molecular formula is C21H24F3N7O. The molecule has 0 radical (unpaired) electrons. The van der Waals surface area contributed by atoms with E-state index in [0.717, 1.165) is 11.2 Å². The number of nitrogens with zero attached hydrogens (tertiary/aromatic N) is 6. The largest absolute Gasteiger partial charge is 0.390 e. The van der Waals surface area contributed by atoms with Crippen LogP contribution >= 0.6 is 0 Å². The molecule has 1 N–H and O–H groups in total. The molecule has 1 aliphatic heterocycles. The van der Waals surface area contributed by atoms with E-state index in [1.54, 1.807) is 17.2 Å². The maximum Gasteiger partial charge on any atom is 0.390 e. The minimum atomic E-state index is -4.16. The van der Waals surface area contributed by atoms with Gasteiger partial charge in [-0.1, -0.05) is 0 Å². The predicted octanol–water partition coefficient (Wildman–Crippen LogP) is 3.34. The van der Waals surface area contributed by atoms with Gasteiger partial charge in [-0.3, -0.25) is 4.79 Å². The maximum atomic E-state index is 12.7. The number of aryl methyl sites for hydroxylation is 1. The Labute approximate surface area is 182 Å². The number of hydrogen-bond acceptors (Lipinski definition) is 6. The van der Waals surface area contributed by atoms with Crippen molar-refractivity contribution in [3.63, 3.8) is 0 Å². The fourth-order valence-electron chi connectivity index (χ4n) is 3.77. The summed E-state index contributed by atoms with van der Waals surface area (Å²) in [4.78, 5) is 23.4. The number of carbonyl (C=O) groups excluding carboxylic acids is 1. The van der Waals surface area contributed by atoms with Gasteiger partial charge in [0.05, 0.1) is 11.9 Å². The number of carbonyl (C=O) groups is 1. The molecule has 170 valence electrons. The Morgan fingerprint density at radius 1 is 1.22 bits per heavy atom. The van der Waals surface area contributed by atoms with Crippen molar-refractivity contribution in [3.8, 4) is 11.5 Å². The third-order valence-electron chi connectivity index (χ3n) is 5.82. The quantitative estimate of drug-likeness (QED) is 0.646. The summed E-state index contributed by atoms with van der Waals surface area (Å²) < 4.78 is 39.0. The number of alkyl halides is 3. The molecule has 0 aliphatic carbocycles. The van der Waals surface area contributed by atoms with Gasteiger partial charge < -0.3 is 14.8 Å². The van der Waals surface area contributed by atoms with Crippen LogP contribution in [0.2, 0.25) is 0 Å². The first-order valence-corrected chi connectivity index (χ1v) is 10.4. The van der Waals surface area contributed by atoms with Gasteiger partial charge in [0.1, 0.15) is 17.3 Å². The fourth-order valence-corrected chi connectivity index (χ4v) is 3.77. The van der Waals surface area contributed by atoms with Crippen molar-refractivity contribution in [1.29, 1.82) is 0 Å². The summed E-state index contributed by atoms with van der Waals surface area (Å²) in [6, 6.07) is 5.44. The molecule has 3 aromatic heterocycles. The molecule has 0 spiro atoms. The van der Waals surface area contributed by atoms with Gasteiger partial charge in [-0.25, -0.2) is 9.97 Å². The molecule has 3 aromatic rings. The second-order valence-electron chi connectivity index (χ2n) is 8.06. The SMILES string of the molecule is Cc1nnc(-c2ccc3cnc(NC(=O)C4CCN(CCC(F)(F)F)CC4)cc3n2)n1C. The summed E-state index contributed by atoms with van der Waals surface area (Å²) in [5, 5.41) is 11.9. The van der Waals surface area contributed by atoms with Gasteiger partial charge in [-0.05, 0) is 45.0 Å². The molecule has 0 bridgehead atoms. The number of amides is 1. The standard InChI is InChI=1S/C21H24F3N7O/c1-13-28-29-19(30(13)2)16-4-3-15-12-25-18(11-17(15)26-16)27-20(32)14-5-8-31(9-6-14)10-7-21(22,23)24/h3-4,11-12,14H,5-10H2,1-2H3,(H,25,27,32). The van der Waals surface area contributed by atoms with Crippen LogP contribution in [-0.2, 0) is 11.8 Å². The van der Waals surface area contributed by atoms with Crippen LogP contribution in [0.4, 0.5) is 19.0 Å². The summed E-state index contributed by atoms with van der Waals surface area (Å²) in [5.41, 5.74) is 1.32. The van der Waals surface area contributed by atoms with Gasteiger partial charge in [0, 0.05) is 37.2 Å². The highest BCUT2D eigenvalue weighted by Crippen LogP contribution is 2.25. The molecule has 4 heterocycles. The van der Waals surface area contributed by atoms with Crippen LogP contribution in [0.5, 0.6) is 0 Å². The van der Waals surface area contributed by atoms with Gasteiger partial charge in [-0.15, -0.1) is 10.2 Å². The van der Waals surface area contributed by atoms with Crippen LogP contribution in [0.1, 0.15) is 25.1 Å². The molecule has 1 amide bonds. The van der Waals surface area contributed by atoms with Crippen molar-refractivity contribution in [2.45, 2.75) is 32.4 Å². The van der Waals surface area contributed by atoms with E-state index in [2.05, 4.69) is 25.5 Å². The van der Waals surface area contributed by atoms with Gasteiger partial charge in [0.15, 0.2) is 5.82 Å². The summed E-state index contributed by atoms with van der Waals surface area (Å²) in [7, 11) is 1.86. The van der Waals surface area contributed by atoms with Crippen molar-refractivity contribution in [2.75, 3.05) is 25.0 Å². The number of nitrogens with one attached hydrogen (secondary N) is 1. The zero-order valence-corrected chi connectivity index (χ0v) is 17.9. The van der Waals surface area contributed by atoms with Gasteiger partial charge in [-0.2, -0.15) is 13.2 Å². The van der Waals surface area contributed by atoms with E-state index >= 15 is 0 Å². The number of halogens is 3. The lowest BCUT2D eigenvalue weighted by Crippen LogP contribution is -2.39. The number of rotatable bonds is 5. The molecule has 0 atom stereocenters. The highest BCUT2D eigenvalue weighted by molar-refractivity contribution is 5.93. The van der Waals surface area contributed by atoms with Crippen LogP contribution in [0.3, 0.4) is 0 Å². The average molecular weight is 447 g/mol. The second-order valence-corrected chi connectivity index (χ2v) is 8.06. The number of piperidine rings is 1. The molecule has 8 nitrogen and oxygen atoms in total. The van der Waals surface area contributed by atoms with Crippen molar-refractivity contribution in [3.05, 3.63) is 30.2 Å². The molecule has 32 heavy (non-hydrogen) atoms. The van der Waals surface area contributed by atoms with E-state index < -0.39 is 12.6 Å². The third-order valence-corrected chi connectivity index (χ3v) is 5.82. The molecule has 1 aliphatic rings. The Hall–Kier alpha value is -3.08. The highest BCUT2D eigenvalue weighted by atomic mass is 19.4. The Bertz CT molecular complexity index is 1120. The Balaban J connectivity index is 1.41. The lowest BCUT2D eigenvalue weighted by Gasteiger charge is -2.31. The van der Waals surface area contributed by atoms with Crippen molar-refractivity contribution in [2.24, 2.45) is 13.0 Å². The lowest BCUT2D eigenvalue weighted by molar-refractivity contribution is -0.139. The van der Waals surface area contributed by atoms with Crippen LogP contribution in [-0.4, -0.2) is 61.4 Å². The van der Waals surface area contributed by atoms with Crippen LogP contribution in [0.25, 0.3) is 22.4 Å². The smallest absolute Gasteiger partial charge is 0.313 e. The van der Waals surface area contributed by atoms with E-state index in [0.29, 0.717) is 48.8 Å². The van der Waals surface area contributed by atoms with Crippen molar-refractivity contribution < 1.29 is 18.0 Å². The van der Waals surface area contributed by atoms with Gasteiger partial charge >= 0.3 is 6.18 Å². The number of likely N-dealkylation sites (tertiary alicyclic amines) is 1. The molecule has 0 aromatic carbocycles. The third kappa shape index (κ3) is 5.04.